The lowest BCUT2D eigenvalue weighted by Crippen LogP contribution is -2.46. The number of hydrogen-bond donors (Lipinski definition) is 2. The zero-order valence-electron chi connectivity index (χ0n) is 12.0. The summed E-state index contributed by atoms with van der Waals surface area (Å²) < 4.78 is 19.1. The molecule has 1 aromatic carbocycles. The van der Waals surface area contributed by atoms with Gasteiger partial charge in [-0.05, 0) is 19.2 Å². The Labute approximate surface area is 126 Å². The van der Waals surface area contributed by atoms with Crippen LogP contribution in [0.5, 0.6) is 0 Å². The van der Waals surface area contributed by atoms with Crippen molar-refractivity contribution in [2.24, 2.45) is 0 Å². The van der Waals surface area contributed by atoms with E-state index < -0.39 is 11.9 Å². The molecule has 0 bridgehead atoms. The third-order valence-corrected chi connectivity index (χ3v) is 3.41. The fraction of sp³-hybridized carbons (Fsp3) is 0.357. The Morgan fingerprint density at radius 2 is 2.32 bits per heavy atom. The number of benzene rings is 1. The molecular formula is C14H16FN5O2. The van der Waals surface area contributed by atoms with E-state index in [1.165, 1.54) is 6.07 Å². The number of hydrogen-bond acceptors (Lipinski definition) is 5. The maximum Gasteiger partial charge on any atom is 0.257 e. The van der Waals surface area contributed by atoms with Crippen LogP contribution < -0.4 is 5.32 Å². The summed E-state index contributed by atoms with van der Waals surface area (Å²) in [6.07, 6.45) is -0.561. The van der Waals surface area contributed by atoms with E-state index in [-0.39, 0.29) is 17.7 Å². The van der Waals surface area contributed by atoms with Gasteiger partial charge >= 0.3 is 0 Å². The van der Waals surface area contributed by atoms with Crippen molar-refractivity contribution in [1.29, 1.82) is 0 Å². The van der Waals surface area contributed by atoms with Gasteiger partial charge in [-0.2, -0.15) is 4.98 Å². The second-order valence-electron chi connectivity index (χ2n) is 5.10. The molecule has 1 saturated heterocycles. The third kappa shape index (κ3) is 3.12. The van der Waals surface area contributed by atoms with Crippen molar-refractivity contribution < 1.29 is 13.9 Å². The summed E-state index contributed by atoms with van der Waals surface area (Å²) in [5.41, 5.74) is 0.296. The summed E-state index contributed by atoms with van der Waals surface area (Å²) >= 11 is 0. The number of morpholine rings is 1. The number of amides is 1. The van der Waals surface area contributed by atoms with Crippen LogP contribution in [0.3, 0.4) is 0 Å². The molecule has 1 atom stereocenters. The average molecular weight is 305 g/mol. The number of carbonyl (C=O) groups excluding carboxylic acids is 1. The molecular weight excluding hydrogens is 289 g/mol. The number of aromatic nitrogens is 3. The van der Waals surface area contributed by atoms with E-state index in [1.807, 2.05) is 11.9 Å². The van der Waals surface area contributed by atoms with Crippen LogP contribution in [0.1, 0.15) is 0 Å². The van der Waals surface area contributed by atoms with Gasteiger partial charge in [0, 0.05) is 13.1 Å². The zero-order chi connectivity index (χ0) is 15.5. The summed E-state index contributed by atoms with van der Waals surface area (Å²) in [5, 5.41) is 9.07. The Morgan fingerprint density at radius 3 is 3.09 bits per heavy atom. The van der Waals surface area contributed by atoms with E-state index in [0.717, 1.165) is 6.54 Å². The highest BCUT2D eigenvalue weighted by Gasteiger charge is 2.25. The SMILES string of the molecule is CN1CCO[C@H](C(=O)Nc2n[nH]c(-c3ccccc3F)n2)C1. The highest BCUT2D eigenvalue weighted by molar-refractivity contribution is 5.93. The number of halogens is 1. The van der Waals surface area contributed by atoms with Gasteiger partial charge in [-0.3, -0.25) is 15.2 Å². The van der Waals surface area contributed by atoms with Gasteiger partial charge in [0.05, 0.1) is 12.2 Å². The number of nitrogens with zero attached hydrogens (tertiary/aromatic N) is 3. The number of anilines is 1. The molecule has 2 heterocycles. The van der Waals surface area contributed by atoms with Gasteiger partial charge in [0.1, 0.15) is 11.9 Å². The number of carbonyl (C=O) groups is 1. The van der Waals surface area contributed by atoms with Crippen molar-refractivity contribution in [2.45, 2.75) is 6.10 Å². The van der Waals surface area contributed by atoms with Crippen LogP contribution in [0.2, 0.25) is 0 Å². The lowest BCUT2D eigenvalue weighted by Gasteiger charge is -2.28. The van der Waals surface area contributed by atoms with E-state index in [4.69, 9.17) is 4.74 Å². The fourth-order valence-corrected chi connectivity index (χ4v) is 2.22. The summed E-state index contributed by atoms with van der Waals surface area (Å²) in [7, 11) is 1.92. The first kappa shape index (κ1) is 14.6. The molecule has 1 amide bonds. The molecule has 8 heteroatoms. The van der Waals surface area contributed by atoms with Crippen LogP contribution in [-0.2, 0) is 9.53 Å². The highest BCUT2D eigenvalue weighted by atomic mass is 19.1. The minimum absolute atomic E-state index is 0.0973. The molecule has 1 aromatic heterocycles. The van der Waals surface area contributed by atoms with Crippen molar-refractivity contribution in [3.05, 3.63) is 30.1 Å². The van der Waals surface area contributed by atoms with E-state index >= 15 is 0 Å². The standard InChI is InChI=1S/C14H16FN5O2/c1-20-6-7-22-11(8-20)13(21)17-14-16-12(18-19-14)9-4-2-3-5-10(9)15/h2-5,11H,6-8H2,1H3,(H2,16,17,18,19,21)/t11-/m0/s1. The Balaban J connectivity index is 1.69. The van der Waals surface area contributed by atoms with Gasteiger partial charge in [0.2, 0.25) is 5.95 Å². The summed E-state index contributed by atoms with van der Waals surface area (Å²) in [5.74, 6) is -0.366. The van der Waals surface area contributed by atoms with Crippen molar-refractivity contribution in [2.75, 3.05) is 32.1 Å². The van der Waals surface area contributed by atoms with E-state index in [2.05, 4.69) is 20.5 Å². The van der Waals surface area contributed by atoms with E-state index in [1.54, 1.807) is 18.2 Å². The Morgan fingerprint density at radius 1 is 1.50 bits per heavy atom. The molecule has 0 spiro atoms. The number of nitrogens with one attached hydrogen (secondary N) is 2. The first-order chi connectivity index (χ1) is 10.6. The molecule has 0 aliphatic carbocycles. The molecule has 1 fully saturated rings. The molecule has 7 nitrogen and oxygen atoms in total. The molecule has 0 unspecified atom stereocenters. The Bertz CT molecular complexity index is 675. The minimum Gasteiger partial charge on any atom is -0.366 e. The van der Waals surface area contributed by atoms with Crippen molar-refractivity contribution >= 4 is 11.9 Å². The van der Waals surface area contributed by atoms with Gasteiger partial charge in [-0.15, -0.1) is 5.10 Å². The second kappa shape index (κ2) is 6.20. The van der Waals surface area contributed by atoms with Crippen LogP contribution in [-0.4, -0.2) is 58.8 Å². The van der Waals surface area contributed by atoms with E-state index in [9.17, 15) is 9.18 Å². The maximum atomic E-state index is 13.7. The highest BCUT2D eigenvalue weighted by Crippen LogP contribution is 2.19. The van der Waals surface area contributed by atoms with Gasteiger partial charge < -0.3 is 9.64 Å². The average Bonchev–Trinajstić information content (AvgIpc) is 2.96. The molecule has 3 rings (SSSR count). The monoisotopic (exact) mass is 305 g/mol. The molecule has 2 N–H and O–H groups in total. The topological polar surface area (TPSA) is 83.1 Å². The van der Waals surface area contributed by atoms with Gasteiger partial charge in [0.15, 0.2) is 5.82 Å². The molecule has 0 saturated carbocycles. The lowest BCUT2D eigenvalue weighted by atomic mass is 10.2. The number of likely N-dealkylation sites (N-methyl/N-ethyl adjacent to an activating group) is 1. The molecule has 0 radical (unpaired) electrons. The molecule has 1 aliphatic heterocycles. The third-order valence-electron chi connectivity index (χ3n) is 3.41. The van der Waals surface area contributed by atoms with Crippen LogP contribution >= 0.6 is 0 Å². The van der Waals surface area contributed by atoms with Crippen LogP contribution in [0.15, 0.2) is 24.3 Å². The smallest absolute Gasteiger partial charge is 0.257 e. The maximum absolute atomic E-state index is 13.7. The Kier molecular flexibility index (Phi) is 4.12. The van der Waals surface area contributed by atoms with Gasteiger partial charge in [0.25, 0.3) is 5.91 Å². The summed E-state index contributed by atoms with van der Waals surface area (Å²) in [6, 6.07) is 6.21. The number of aromatic amines is 1. The predicted octanol–water partition coefficient (Wildman–Crippen LogP) is 0.880. The normalized spacial score (nSPS) is 19.1. The second-order valence-corrected chi connectivity index (χ2v) is 5.10. The molecule has 2 aromatic rings. The largest absolute Gasteiger partial charge is 0.366 e. The number of H-pyrrole nitrogens is 1. The molecule has 116 valence electrons. The quantitative estimate of drug-likeness (QED) is 0.879. The van der Waals surface area contributed by atoms with Crippen molar-refractivity contribution in [3.63, 3.8) is 0 Å². The van der Waals surface area contributed by atoms with Crippen molar-refractivity contribution in [3.8, 4) is 11.4 Å². The zero-order valence-corrected chi connectivity index (χ0v) is 12.0. The fourth-order valence-electron chi connectivity index (χ4n) is 2.22. The minimum atomic E-state index is -0.561. The van der Waals surface area contributed by atoms with Gasteiger partial charge in [-0.1, -0.05) is 12.1 Å². The summed E-state index contributed by atoms with van der Waals surface area (Å²) in [6.45, 7) is 1.81. The lowest BCUT2D eigenvalue weighted by molar-refractivity contribution is -0.132. The first-order valence-electron chi connectivity index (χ1n) is 6.92. The van der Waals surface area contributed by atoms with Crippen molar-refractivity contribution in [1.82, 2.24) is 20.1 Å². The van der Waals surface area contributed by atoms with Crippen LogP contribution in [0.4, 0.5) is 10.3 Å². The first-order valence-corrected chi connectivity index (χ1v) is 6.92. The van der Waals surface area contributed by atoms with E-state index in [0.29, 0.717) is 18.7 Å². The van der Waals surface area contributed by atoms with Gasteiger partial charge in [-0.25, -0.2) is 4.39 Å². The van der Waals surface area contributed by atoms with Crippen LogP contribution in [0, 0.1) is 5.82 Å². The summed E-state index contributed by atoms with van der Waals surface area (Å²) in [4.78, 5) is 18.2. The number of ether oxygens (including phenoxy) is 1. The molecule has 1 aliphatic rings. The predicted molar refractivity (Wildman–Crippen MR) is 77.6 cm³/mol. The molecule has 22 heavy (non-hydrogen) atoms. The number of rotatable bonds is 3. The van der Waals surface area contributed by atoms with Crippen LogP contribution in [0.25, 0.3) is 11.4 Å². The Hall–Kier alpha value is -2.32.